The zero-order valence-electron chi connectivity index (χ0n) is 20.9. The molecule has 6 unspecified atom stereocenters. The van der Waals surface area contributed by atoms with Crippen LogP contribution in [0.25, 0.3) is 10.9 Å². The second kappa shape index (κ2) is 8.75. The van der Waals surface area contributed by atoms with Crippen LogP contribution in [0.2, 0.25) is 0 Å². The average Bonchev–Trinajstić information content (AvgIpc) is 3.41. The molecule has 1 aromatic heterocycles. The molecule has 3 fully saturated rings. The van der Waals surface area contributed by atoms with E-state index >= 15 is 0 Å². The highest BCUT2D eigenvalue weighted by Crippen LogP contribution is 2.71. The lowest BCUT2D eigenvalue weighted by Gasteiger charge is -2.41. The van der Waals surface area contributed by atoms with Gasteiger partial charge in [-0.25, -0.2) is 0 Å². The third-order valence-corrected chi connectivity index (χ3v) is 10.1. The molecule has 1 aromatic carbocycles. The van der Waals surface area contributed by atoms with Crippen molar-refractivity contribution in [2.45, 2.75) is 97.0 Å². The first-order valence-electron chi connectivity index (χ1n) is 13.5. The zero-order chi connectivity index (χ0) is 22.5. The summed E-state index contributed by atoms with van der Waals surface area (Å²) in [7, 11) is 1.93. The molecule has 174 valence electrons. The third kappa shape index (κ3) is 3.52. The molecule has 6 atom stereocenters. The quantitative estimate of drug-likeness (QED) is 0.398. The smallest absolute Gasteiger partial charge is 0.0705 e. The normalized spacial score (nSPS) is 32.8. The summed E-state index contributed by atoms with van der Waals surface area (Å²) in [6, 6.07) is 9.50. The minimum absolute atomic E-state index is 0.315. The van der Waals surface area contributed by atoms with Crippen LogP contribution in [0, 0.1) is 29.1 Å². The van der Waals surface area contributed by atoms with Gasteiger partial charge in [-0.3, -0.25) is 4.98 Å². The Bertz CT molecular complexity index is 945. The van der Waals surface area contributed by atoms with Gasteiger partial charge in [-0.2, -0.15) is 0 Å². The van der Waals surface area contributed by atoms with Gasteiger partial charge in [-0.05, 0) is 95.9 Å². The highest BCUT2D eigenvalue weighted by atomic mass is 16.5. The van der Waals surface area contributed by atoms with Crippen molar-refractivity contribution >= 4 is 10.9 Å². The number of hydrogen-bond donors (Lipinski definition) is 0. The molecule has 5 rings (SSSR count). The van der Waals surface area contributed by atoms with Crippen molar-refractivity contribution in [3.05, 3.63) is 41.6 Å². The van der Waals surface area contributed by atoms with Gasteiger partial charge in [0.15, 0.2) is 0 Å². The van der Waals surface area contributed by atoms with Gasteiger partial charge in [-0.15, -0.1) is 0 Å². The molecule has 0 spiro atoms. The Hall–Kier alpha value is -1.41. The Morgan fingerprint density at radius 1 is 1.06 bits per heavy atom. The van der Waals surface area contributed by atoms with Gasteiger partial charge >= 0.3 is 0 Å². The molecular weight excluding hydrogens is 390 g/mol. The maximum atomic E-state index is 5.98. The maximum absolute atomic E-state index is 5.98. The van der Waals surface area contributed by atoms with Crippen molar-refractivity contribution in [1.29, 1.82) is 0 Å². The second-order valence-electron chi connectivity index (χ2n) is 11.4. The van der Waals surface area contributed by atoms with Crippen molar-refractivity contribution < 1.29 is 4.74 Å². The van der Waals surface area contributed by atoms with Crippen LogP contribution in [0.3, 0.4) is 0 Å². The fraction of sp³-hybridized carbons (Fsp3) is 0.700. The van der Waals surface area contributed by atoms with E-state index in [1.54, 1.807) is 11.1 Å². The van der Waals surface area contributed by atoms with E-state index in [0.717, 1.165) is 29.6 Å². The fourth-order valence-corrected chi connectivity index (χ4v) is 7.99. The molecule has 0 radical (unpaired) electrons. The highest BCUT2D eigenvalue weighted by Gasteiger charge is 2.68. The van der Waals surface area contributed by atoms with Crippen molar-refractivity contribution in [3.63, 3.8) is 0 Å². The summed E-state index contributed by atoms with van der Waals surface area (Å²) in [4.78, 5) is 4.77. The van der Waals surface area contributed by atoms with E-state index in [1.165, 1.54) is 62.3 Å². The van der Waals surface area contributed by atoms with Crippen LogP contribution < -0.4 is 0 Å². The minimum Gasteiger partial charge on any atom is -0.381 e. The minimum atomic E-state index is 0.315. The number of nitrogens with zero attached hydrogens (tertiary/aromatic N) is 1. The van der Waals surface area contributed by atoms with Gasteiger partial charge in [0.2, 0.25) is 0 Å². The van der Waals surface area contributed by atoms with E-state index in [2.05, 4.69) is 58.2 Å². The van der Waals surface area contributed by atoms with Crippen LogP contribution in [-0.2, 0) is 4.74 Å². The molecule has 0 N–H and O–H groups in total. The number of pyridine rings is 1. The number of ether oxygens (including phenoxy) is 1. The van der Waals surface area contributed by atoms with Crippen LogP contribution in [0.1, 0.15) is 102 Å². The van der Waals surface area contributed by atoms with Crippen molar-refractivity contribution in [2.24, 2.45) is 29.1 Å². The van der Waals surface area contributed by atoms with Gasteiger partial charge < -0.3 is 4.74 Å². The highest BCUT2D eigenvalue weighted by molar-refractivity contribution is 5.83. The van der Waals surface area contributed by atoms with Gasteiger partial charge in [0, 0.05) is 18.7 Å². The SMILES string of the molecule is CCC(CC)C(CC)CC1(C)C(c2ccnc3ccc(C4CCC4)cc23)CC2C(OC)C21. The molecule has 0 saturated heterocycles. The number of rotatable bonds is 9. The molecule has 2 heteroatoms. The summed E-state index contributed by atoms with van der Waals surface area (Å²) in [5.41, 5.74) is 4.61. The maximum Gasteiger partial charge on any atom is 0.0705 e. The van der Waals surface area contributed by atoms with Crippen molar-refractivity contribution in [2.75, 3.05) is 7.11 Å². The zero-order valence-corrected chi connectivity index (χ0v) is 20.9. The van der Waals surface area contributed by atoms with E-state index in [4.69, 9.17) is 9.72 Å². The van der Waals surface area contributed by atoms with Gasteiger partial charge in [-0.1, -0.05) is 59.4 Å². The van der Waals surface area contributed by atoms with E-state index in [0.29, 0.717) is 17.4 Å². The first-order chi connectivity index (χ1) is 15.5. The van der Waals surface area contributed by atoms with E-state index < -0.39 is 0 Å². The number of aromatic nitrogens is 1. The molecule has 32 heavy (non-hydrogen) atoms. The van der Waals surface area contributed by atoms with E-state index in [9.17, 15) is 0 Å². The average molecular weight is 434 g/mol. The van der Waals surface area contributed by atoms with Gasteiger partial charge in [0.1, 0.15) is 0 Å². The molecule has 2 nitrogen and oxygen atoms in total. The Labute approximate surface area is 195 Å². The topological polar surface area (TPSA) is 22.1 Å². The summed E-state index contributed by atoms with van der Waals surface area (Å²) in [5.74, 6) is 4.51. The monoisotopic (exact) mass is 433 g/mol. The molecule has 3 aliphatic rings. The Morgan fingerprint density at radius 2 is 1.81 bits per heavy atom. The summed E-state index contributed by atoms with van der Waals surface area (Å²) < 4.78 is 5.98. The van der Waals surface area contributed by atoms with Crippen LogP contribution in [-0.4, -0.2) is 18.2 Å². The molecule has 3 aliphatic carbocycles. The molecule has 0 aliphatic heterocycles. The first kappa shape index (κ1) is 22.4. The van der Waals surface area contributed by atoms with E-state index in [-0.39, 0.29) is 0 Å². The lowest BCUT2D eigenvalue weighted by molar-refractivity contribution is 0.0764. The standard InChI is InChI=1S/C30H43NO/c1-6-19(7-2)20(8-3)18-30(4)26(17-25-28(30)29(25)32-5)23-14-15-31-27-13-12-22(16-24(23)27)21-10-9-11-21/h12-16,19-21,25-26,28-29H,6-11,17-18H2,1-5H3. The van der Waals surface area contributed by atoms with Crippen LogP contribution in [0.15, 0.2) is 30.5 Å². The first-order valence-corrected chi connectivity index (χ1v) is 13.5. The predicted molar refractivity (Wildman–Crippen MR) is 134 cm³/mol. The molecule has 0 amide bonds. The third-order valence-electron chi connectivity index (χ3n) is 10.1. The molecule has 3 saturated carbocycles. The Morgan fingerprint density at radius 3 is 2.44 bits per heavy atom. The van der Waals surface area contributed by atoms with Crippen molar-refractivity contribution in [3.8, 4) is 0 Å². The molecule has 2 aromatic rings. The lowest BCUT2D eigenvalue weighted by Crippen LogP contribution is -2.32. The molecule has 1 heterocycles. The van der Waals surface area contributed by atoms with Gasteiger partial charge in [0.05, 0.1) is 11.6 Å². The second-order valence-corrected chi connectivity index (χ2v) is 11.4. The summed E-state index contributed by atoms with van der Waals surface area (Å²) in [5, 5.41) is 1.43. The number of hydrogen-bond acceptors (Lipinski definition) is 2. The van der Waals surface area contributed by atoms with Gasteiger partial charge in [0.25, 0.3) is 0 Å². The predicted octanol–water partition coefficient (Wildman–Crippen LogP) is 8.11. The van der Waals surface area contributed by atoms with Crippen molar-refractivity contribution in [1.82, 2.24) is 4.98 Å². The number of methoxy groups -OCH3 is 1. The Balaban J connectivity index is 1.54. The number of benzene rings is 1. The fourth-order valence-electron chi connectivity index (χ4n) is 7.99. The summed E-state index contributed by atoms with van der Waals surface area (Å²) >= 11 is 0. The molecular formula is C30H43NO. The Kier molecular flexibility index (Phi) is 6.12. The van der Waals surface area contributed by atoms with Crippen LogP contribution in [0.5, 0.6) is 0 Å². The molecule has 0 bridgehead atoms. The summed E-state index contributed by atoms with van der Waals surface area (Å²) in [6.07, 6.45) is 13.2. The lowest BCUT2D eigenvalue weighted by atomic mass is 9.64. The largest absolute Gasteiger partial charge is 0.381 e. The summed E-state index contributed by atoms with van der Waals surface area (Å²) in [6.45, 7) is 9.82. The number of fused-ring (bicyclic) bond motifs is 2. The van der Waals surface area contributed by atoms with E-state index in [1.807, 2.05) is 7.11 Å². The van der Waals surface area contributed by atoms with Crippen LogP contribution in [0.4, 0.5) is 0 Å². The van der Waals surface area contributed by atoms with Crippen LogP contribution >= 0.6 is 0 Å².